The van der Waals surface area contributed by atoms with E-state index in [0.717, 1.165) is 16.7 Å². The first-order chi connectivity index (χ1) is 9.76. The molecule has 0 saturated heterocycles. The molecule has 2 rings (SSSR count). The van der Waals surface area contributed by atoms with Gasteiger partial charge in [0.2, 0.25) is 0 Å². The number of carbonyl (C=O) groups excluding carboxylic acids is 1. The highest BCUT2D eigenvalue weighted by Crippen LogP contribution is 2.26. The maximum Gasteiger partial charge on any atom is 0.573 e. The van der Waals surface area contributed by atoms with Gasteiger partial charge in [0.05, 0.1) is 12.1 Å². The standard InChI is InChI=1S/C12H10F3NO5/c1-7(17)19-5-4-16-9-6-8(21-12(13,14)15)2-3-10(9)20-11(16)18/h2-3,6H,4-5H2,1H3. The van der Waals surface area contributed by atoms with E-state index in [-0.39, 0.29) is 24.3 Å². The molecule has 114 valence electrons. The SMILES string of the molecule is CC(=O)OCCn1c(=O)oc2ccc(OC(F)(F)F)cc21. The van der Waals surface area contributed by atoms with Crippen molar-refractivity contribution in [2.24, 2.45) is 0 Å². The predicted molar refractivity (Wildman–Crippen MR) is 63.8 cm³/mol. The Morgan fingerprint density at radius 2 is 2.10 bits per heavy atom. The second-order valence-corrected chi connectivity index (χ2v) is 4.04. The van der Waals surface area contributed by atoms with Gasteiger partial charge in [0.15, 0.2) is 5.58 Å². The van der Waals surface area contributed by atoms with Crippen LogP contribution in [0.2, 0.25) is 0 Å². The average molecular weight is 305 g/mol. The Labute approximate surface area is 115 Å². The van der Waals surface area contributed by atoms with E-state index in [0.29, 0.717) is 0 Å². The van der Waals surface area contributed by atoms with Crippen LogP contribution in [0.15, 0.2) is 27.4 Å². The second kappa shape index (κ2) is 5.51. The third-order valence-electron chi connectivity index (χ3n) is 2.49. The van der Waals surface area contributed by atoms with Crippen LogP contribution in [-0.4, -0.2) is 23.5 Å². The zero-order valence-corrected chi connectivity index (χ0v) is 10.8. The summed E-state index contributed by atoms with van der Waals surface area (Å²) >= 11 is 0. The molecular formula is C12H10F3NO5. The lowest BCUT2D eigenvalue weighted by Crippen LogP contribution is -2.19. The summed E-state index contributed by atoms with van der Waals surface area (Å²) in [6.45, 7) is 1.06. The first-order valence-electron chi connectivity index (χ1n) is 5.79. The Hall–Kier alpha value is -2.45. The molecule has 0 N–H and O–H groups in total. The molecule has 1 aromatic heterocycles. The molecular weight excluding hydrogens is 295 g/mol. The molecule has 0 radical (unpaired) electrons. The van der Waals surface area contributed by atoms with Crippen LogP contribution in [0.4, 0.5) is 13.2 Å². The van der Waals surface area contributed by atoms with Gasteiger partial charge in [-0.2, -0.15) is 0 Å². The summed E-state index contributed by atoms with van der Waals surface area (Å²) in [6, 6.07) is 3.26. The van der Waals surface area contributed by atoms with E-state index in [4.69, 9.17) is 4.42 Å². The molecule has 0 aliphatic rings. The van der Waals surface area contributed by atoms with Crippen molar-refractivity contribution in [1.29, 1.82) is 0 Å². The summed E-state index contributed by atoms with van der Waals surface area (Å²) in [5, 5.41) is 0. The molecule has 0 fully saturated rings. The monoisotopic (exact) mass is 305 g/mol. The van der Waals surface area contributed by atoms with E-state index in [9.17, 15) is 22.8 Å². The fraction of sp³-hybridized carbons (Fsp3) is 0.333. The topological polar surface area (TPSA) is 70.7 Å². The lowest BCUT2D eigenvalue weighted by molar-refractivity contribution is -0.274. The number of hydrogen-bond donors (Lipinski definition) is 0. The van der Waals surface area contributed by atoms with Gasteiger partial charge in [0, 0.05) is 13.0 Å². The van der Waals surface area contributed by atoms with E-state index in [1.807, 2.05) is 0 Å². The molecule has 0 amide bonds. The zero-order chi connectivity index (χ0) is 15.6. The molecule has 21 heavy (non-hydrogen) atoms. The number of benzene rings is 1. The average Bonchev–Trinajstić information content (AvgIpc) is 2.63. The lowest BCUT2D eigenvalue weighted by atomic mass is 10.3. The van der Waals surface area contributed by atoms with Crippen molar-refractivity contribution in [3.8, 4) is 5.75 Å². The van der Waals surface area contributed by atoms with E-state index in [1.165, 1.54) is 13.0 Å². The fourth-order valence-corrected chi connectivity index (χ4v) is 1.73. The molecule has 6 nitrogen and oxygen atoms in total. The van der Waals surface area contributed by atoms with E-state index in [1.54, 1.807) is 0 Å². The number of carbonyl (C=O) groups is 1. The first-order valence-corrected chi connectivity index (χ1v) is 5.79. The van der Waals surface area contributed by atoms with Gasteiger partial charge in [-0.25, -0.2) is 4.79 Å². The molecule has 9 heteroatoms. The van der Waals surface area contributed by atoms with E-state index < -0.39 is 23.8 Å². The van der Waals surface area contributed by atoms with Crippen molar-refractivity contribution in [3.05, 3.63) is 28.7 Å². The van der Waals surface area contributed by atoms with Gasteiger partial charge in [-0.15, -0.1) is 13.2 Å². The summed E-state index contributed by atoms with van der Waals surface area (Å²) < 4.78 is 50.9. The molecule has 2 aromatic rings. The Kier molecular flexibility index (Phi) is 3.92. The van der Waals surface area contributed by atoms with Crippen molar-refractivity contribution in [2.75, 3.05) is 6.61 Å². The molecule has 0 aliphatic heterocycles. The number of oxazole rings is 1. The van der Waals surface area contributed by atoms with Crippen LogP contribution in [-0.2, 0) is 16.1 Å². The maximum atomic E-state index is 12.2. The zero-order valence-electron chi connectivity index (χ0n) is 10.8. The van der Waals surface area contributed by atoms with Gasteiger partial charge >= 0.3 is 18.1 Å². The summed E-state index contributed by atoms with van der Waals surface area (Å²) in [7, 11) is 0. The van der Waals surface area contributed by atoms with Crippen LogP contribution in [0.3, 0.4) is 0 Å². The third-order valence-corrected chi connectivity index (χ3v) is 2.49. The van der Waals surface area contributed by atoms with Crippen molar-refractivity contribution >= 4 is 17.1 Å². The van der Waals surface area contributed by atoms with E-state index >= 15 is 0 Å². The van der Waals surface area contributed by atoms with Crippen LogP contribution in [0, 0.1) is 0 Å². The highest BCUT2D eigenvalue weighted by atomic mass is 19.4. The van der Waals surface area contributed by atoms with Crippen molar-refractivity contribution in [3.63, 3.8) is 0 Å². The van der Waals surface area contributed by atoms with Crippen LogP contribution in [0.1, 0.15) is 6.92 Å². The summed E-state index contributed by atoms with van der Waals surface area (Å²) in [4.78, 5) is 22.3. The molecule has 0 aliphatic carbocycles. The molecule has 0 unspecified atom stereocenters. The summed E-state index contributed by atoms with van der Waals surface area (Å²) in [6.07, 6.45) is -4.83. The van der Waals surface area contributed by atoms with Crippen LogP contribution in [0.5, 0.6) is 5.75 Å². The molecule has 0 spiro atoms. The minimum atomic E-state index is -4.83. The predicted octanol–water partition coefficient (Wildman–Crippen LogP) is 2.06. The van der Waals surface area contributed by atoms with Gasteiger partial charge in [0.25, 0.3) is 0 Å². The molecule has 1 aromatic carbocycles. The van der Waals surface area contributed by atoms with Crippen LogP contribution in [0.25, 0.3) is 11.1 Å². The molecule has 0 bridgehead atoms. The minimum Gasteiger partial charge on any atom is -0.464 e. The van der Waals surface area contributed by atoms with Crippen molar-refractivity contribution in [1.82, 2.24) is 4.57 Å². The maximum absolute atomic E-state index is 12.2. The summed E-state index contributed by atoms with van der Waals surface area (Å²) in [5.74, 6) is -1.77. The Balaban J connectivity index is 2.31. The van der Waals surface area contributed by atoms with Gasteiger partial charge in [-0.05, 0) is 12.1 Å². The largest absolute Gasteiger partial charge is 0.573 e. The van der Waals surface area contributed by atoms with Gasteiger partial charge in [-0.1, -0.05) is 0 Å². The number of fused-ring (bicyclic) bond motifs is 1. The molecule has 1 heterocycles. The highest BCUT2D eigenvalue weighted by Gasteiger charge is 2.31. The third kappa shape index (κ3) is 3.77. The highest BCUT2D eigenvalue weighted by molar-refractivity contribution is 5.74. The van der Waals surface area contributed by atoms with E-state index in [2.05, 4.69) is 9.47 Å². The number of halogens is 3. The van der Waals surface area contributed by atoms with Gasteiger partial charge in [0.1, 0.15) is 12.4 Å². The quantitative estimate of drug-likeness (QED) is 0.809. The normalized spacial score (nSPS) is 11.6. The van der Waals surface area contributed by atoms with Gasteiger partial charge < -0.3 is 13.9 Å². The number of aromatic nitrogens is 1. The number of hydrogen-bond acceptors (Lipinski definition) is 5. The number of rotatable bonds is 4. The Morgan fingerprint density at radius 3 is 2.71 bits per heavy atom. The fourth-order valence-electron chi connectivity index (χ4n) is 1.73. The molecule has 0 saturated carbocycles. The van der Waals surface area contributed by atoms with Crippen LogP contribution >= 0.6 is 0 Å². The second-order valence-electron chi connectivity index (χ2n) is 4.04. The Morgan fingerprint density at radius 1 is 1.38 bits per heavy atom. The summed E-state index contributed by atoms with van der Waals surface area (Å²) in [5.41, 5.74) is 0.228. The smallest absolute Gasteiger partial charge is 0.464 e. The minimum absolute atomic E-state index is 0.0408. The number of alkyl halides is 3. The molecule has 0 atom stereocenters. The van der Waals surface area contributed by atoms with Crippen molar-refractivity contribution < 1.29 is 31.9 Å². The van der Waals surface area contributed by atoms with Crippen LogP contribution < -0.4 is 10.5 Å². The Bertz CT molecular complexity index is 716. The lowest BCUT2D eigenvalue weighted by Gasteiger charge is -2.09. The number of nitrogens with zero attached hydrogens (tertiary/aromatic N) is 1. The van der Waals surface area contributed by atoms with Gasteiger partial charge in [-0.3, -0.25) is 9.36 Å². The first kappa shape index (κ1) is 14.9. The van der Waals surface area contributed by atoms with Crippen molar-refractivity contribution in [2.45, 2.75) is 19.8 Å². The number of ether oxygens (including phenoxy) is 2. The number of esters is 1.